The number of ether oxygens (including phenoxy) is 1. The zero-order valence-corrected chi connectivity index (χ0v) is 11.2. The molecule has 2 heterocycles. The SMILES string of the molecule is O=C(CC1CNCCO1)NC1CCCS(=O)(=O)C1. The van der Waals surface area contributed by atoms with Crippen LogP contribution >= 0.6 is 0 Å². The molecule has 0 aromatic heterocycles. The fourth-order valence-corrected chi connectivity index (χ4v) is 4.02. The van der Waals surface area contributed by atoms with Crippen LogP contribution in [0.5, 0.6) is 0 Å². The molecule has 2 N–H and O–H groups in total. The van der Waals surface area contributed by atoms with Crippen LogP contribution in [-0.2, 0) is 19.4 Å². The molecule has 0 bridgehead atoms. The molecule has 0 aromatic rings. The maximum absolute atomic E-state index is 11.8. The molecule has 2 fully saturated rings. The summed E-state index contributed by atoms with van der Waals surface area (Å²) in [6.45, 7) is 2.12. The first-order valence-electron chi connectivity index (χ1n) is 6.37. The van der Waals surface area contributed by atoms with Crippen LogP contribution in [0.4, 0.5) is 0 Å². The number of nitrogens with one attached hydrogen (secondary N) is 2. The molecule has 1 amide bonds. The van der Waals surface area contributed by atoms with Gasteiger partial charge in [0.1, 0.15) is 0 Å². The lowest BCUT2D eigenvalue weighted by Gasteiger charge is -2.26. The van der Waals surface area contributed by atoms with Gasteiger partial charge in [-0.1, -0.05) is 0 Å². The summed E-state index contributed by atoms with van der Waals surface area (Å²) in [6, 6.07) is -0.229. The Morgan fingerprint density at radius 3 is 2.94 bits per heavy atom. The largest absolute Gasteiger partial charge is 0.375 e. The topological polar surface area (TPSA) is 84.5 Å². The Bertz CT molecular complexity index is 390. The number of sulfone groups is 1. The summed E-state index contributed by atoms with van der Waals surface area (Å²) in [5.41, 5.74) is 0. The van der Waals surface area contributed by atoms with Gasteiger partial charge in [0.15, 0.2) is 9.84 Å². The Balaban J connectivity index is 1.76. The third-order valence-corrected chi connectivity index (χ3v) is 5.07. The molecule has 0 saturated carbocycles. The lowest BCUT2D eigenvalue weighted by molar-refractivity contribution is -0.125. The van der Waals surface area contributed by atoms with Crippen molar-refractivity contribution in [2.45, 2.75) is 31.4 Å². The standard InChI is InChI=1S/C11H20N2O4S/c14-11(6-10-7-12-3-4-17-10)13-9-2-1-5-18(15,16)8-9/h9-10,12H,1-8H2,(H,13,14). The van der Waals surface area contributed by atoms with E-state index >= 15 is 0 Å². The van der Waals surface area contributed by atoms with Crippen molar-refractivity contribution in [3.63, 3.8) is 0 Å². The molecule has 2 rings (SSSR count). The van der Waals surface area contributed by atoms with Crippen molar-refractivity contribution in [1.29, 1.82) is 0 Å². The van der Waals surface area contributed by atoms with Gasteiger partial charge < -0.3 is 15.4 Å². The van der Waals surface area contributed by atoms with Crippen LogP contribution in [-0.4, -0.2) is 57.7 Å². The molecule has 104 valence electrons. The van der Waals surface area contributed by atoms with Crippen LogP contribution in [0.25, 0.3) is 0 Å². The molecule has 7 heteroatoms. The molecular formula is C11H20N2O4S. The molecular weight excluding hydrogens is 256 g/mol. The minimum Gasteiger partial charge on any atom is -0.375 e. The van der Waals surface area contributed by atoms with Gasteiger partial charge in [-0.15, -0.1) is 0 Å². The number of rotatable bonds is 3. The first kappa shape index (κ1) is 13.8. The van der Waals surface area contributed by atoms with Gasteiger partial charge in [-0.05, 0) is 12.8 Å². The predicted octanol–water partition coefficient (Wildman–Crippen LogP) is -0.942. The number of amides is 1. The first-order chi connectivity index (χ1) is 8.55. The number of carbonyl (C=O) groups is 1. The van der Waals surface area contributed by atoms with E-state index < -0.39 is 9.84 Å². The van der Waals surface area contributed by atoms with Gasteiger partial charge in [0.2, 0.25) is 5.91 Å². The summed E-state index contributed by atoms with van der Waals surface area (Å²) in [7, 11) is -2.97. The van der Waals surface area contributed by atoms with E-state index in [0.717, 1.165) is 13.0 Å². The summed E-state index contributed by atoms with van der Waals surface area (Å²) in [5.74, 6) is 0.197. The molecule has 0 spiro atoms. The van der Waals surface area contributed by atoms with Crippen LogP contribution in [0.1, 0.15) is 19.3 Å². The fraction of sp³-hybridized carbons (Fsp3) is 0.909. The van der Waals surface area contributed by atoms with Crippen molar-refractivity contribution in [3.05, 3.63) is 0 Å². The molecule has 2 unspecified atom stereocenters. The summed E-state index contributed by atoms with van der Waals surface area (Å²) >= 11 is 0. The Morgan fingerprint density at radius 1 is 1.44 bits per heavy atom. The molecule has 0 aliphatic carbocycles. The highest BCUT2D eigenvalue weighted by atomic mass is 32.2. The Morgan fingerprint density at radius 2 is 2.28 bits per heavy atom. The second-order valence-electron chi connectivity index (χ2n) is 4.92. The van der Waals surface area contributed by atoms with Gasteiger partial charge in [0.25, 0.3) is 0 Å². The molecule has 18 heavy (non-hydrogen) atoms. The van der Waals surface area contributed by atoms with Crippen molar-refractivity contribution < 1.29 is 17.9 Å². The van der Waals surface area contributed by atoms with Gasteiger partial charge in [0.05, 0.1) is 30.6 Å². The normalized spacial score (nSPS) is 31.8. The maximum Gasteiger partial charge on any atom is 0.222 e. The third-order valence-electron chi connectivity index (χ3n) is 3.25. The van der Waals surface area contributed by atoms with Crippen molar-refractivity contribution in [3.8, 4) is 0 Å². The third kappa shape index (κ3) is 4.22. The second-order valence-corrected chi connectivity index (χ2v) is 7.15. The fourth-order valence-electron chi connectivity index (χ4n) is 2.38. The van der Waals surface area contributed by atoms with Gasteiger partial charge in [-0.25, -0.2) is 8.42 Å². The predicted molar refractivity (Wildman–Crippen MR) is 67.0 cm³/mol. The average Bonchev–Trinajstić information content (AvgIpc) is 2.28. The summed E-state index contributed by atoms with van der Waals surface area (Å²) in [5, 5.41) is 5.95. The van der Waals surface area contributed by atoms with Gasteiger partial charge in [-0.2, -0.15) is 0 Å². The lowest BCUT2D eigenvalue weighted by atomic mass is 10.1. The number of hydrogen-bond acceptors (Lipinski definition) is 5. The minimum absolute atomic E-state index is 0.0719. The van der Waals surface area contributed by atoms with Crippen molar-refractivity contribution in [2.24, 2.45) is 0 Å². The van der Waals surface area contributed by atoms with E-state index in [1.54, 1.807) is 0 Å². The zero-order valence-electron chi connectivity index (χ0n) is 10.4. The number of morpholine rings is 1. The Kier molecular flexibility index (Phi) is 4.58. The van der Waals surface area contributed by atoms with E-state index in [1.807, 2.05) is 0 Å². The molecule has 0 radical (unpaired) electrons. The first-order valence-corrected chi connectivity index (χ1v) is 8.19. The highest BCUT2D eigenvalue weighted by molar-refractivity contribution is 7.91. The average molecular weight is 276 g/mol. The Labute approximate surface area is 107 Å². The summed E-state index contributed by atoms with van der Waals surface area (Å²) in [4.78, 5) is 11.8. The van der Waals surface area contributed by atoms with E-state index in [-0.39, 0.29) is 29.6 Å². The van der Waals surface area contributed by atoms with Crippen molar-refractivity contribution >= 4 is 15.7 Å². The summed E-state index contributed by atoms with van der Waals surface area (Å²) in [6.07, 6.45) is 1.58. The number of hydrogen-bond donors (Lipinski definition) is 2. The molecule has 6 nitrogen and oxygen atoms in total. The number of carbonyl (C=O) groups excluding carboxylic acids is 1. The lowest BCUT2D eigenvalue weighted by Crippen LogP contribution is -2.46. The molecule has 2 atom stereocenters. The molecule has 0 aromatic carbocycles. The van der Waals surface area contributed by atoms with Crippen LogP contribution < -0.4 is 10.6 Å². The van der Waals surface area contributed by atoms with E-state index in [0.29, 0.717) is 26.0 Å². The molecule has 2 aliphatic heterocycles. The monoisotopic (exact) mass is 276 g/mol. The highest BCUT2D eigenvalue weighted by Gasteiger charge is 2.26. The van der Waals surface area contributed by atoms with E-state index in [2.05, 4.69) is 10.6 Å². The van der Waals surface area contributed by atoms with Crippen molar-refractivity contribution in [2.75, 3.05) is 31.2 Å². The van der Waals surface area contributed by atoms with Crippen LogP contribution in [0.3, 0.4) is 0 Å². The van der Waals surface area contributed by atoms with Gasteiger partial charge in [-0.3, -0.25) is 4.79 Å². The second kappa shape index (κ2) is 5.99. The Hall–Kier alpha value is -0.660. The minimum atomic E-state index is -2.97. The smallest absolute Gasteiger partial charge is 0.222 e. The van der Waals surface area contributed by atoms with Crippen LogP contribution in [0.15, 0.2) is 0 Å². The molecule has 2 aliphatic rings. The van der Waals surface area contributed by atoms with Crippen LogP contribution in [0.2, 0.25) is 0 Å². The van der Waals surface area contributed by atoms with E-state index in [4.69, 9.17) is 4.74 Å². The quantitative estimate of drug-likeness (QED) is 0.695. The summed E-state index contributed by atoms with van der Waals surface area (Å²) < 4.78 is 28.3. The van der Waals surface area contributed by atoms with Crippen LogP contribution in [0, 0.1) is 0 Å². The van der Waals surface area contributed by atoms with Gasteiger partial charge in [0, 0.05) is 19.1 Å². The highest BCUT2D eigenvalue weighted by Crippen LogP contribution is 2.12. The van der Waals surface area contributed by atoms with Crippen molar-refractivity contribution in [1.82, 2.24) is 10.6 Å². The molecule has 2 saturated heterocycles. The van der Waals surface area contributed by atoms with E-state index in [9.17, 15) is 13.2 Å². The van der Waals surface area contributed by atoms with Gasteiger partial charge >= 0.3 is 0 Å². The maximum atomic E-state index is 11.8. The van der Waals surface area contributed by atoms with E-state index in [1.165, 1.54) is 0 Å². The zero-order chi connectivity index (χ0) is 13.0.